The van der Waals surface area contributed by atoms with Crippen LogP contribution in [0.4, 0.5) is 4.79 Å². The molecule has 1 N–H and O–H groups in total. The predicted molar refractivity (Wildman–Crippen MR) is 80.6 cm³/mol. The van der Waals surface area contributed by atoms with Crippen molar-refractivity contribution in [2.24, 2.45) is 5.92 Å². The monoisotopic (exact) mass is 311 g/mol. The van der Waals surface area contributed by atoms with Crippen LogP contribution in [0.15, 0.2) is 9.32 Å². The topological polar surface area (TPSA) is 88.4 Å². The zero-order valence-electron chi connectivity index (χ0n) is 13.7. The summed E-state index contributed by atoms with van der Waals surface area (Å²) >= 11 is 0. The van der Waals surface area contributed by atoms with Gasteiger partial charge in [-0.25, -0.2) is 9.59 Å². The fourth-order valence-corrected chi connectivity index (χ4v) is 3.00. The second-order valence-corrected chi connectivity index (χ2v) is 6.95. The van der Waals surface area contributed by atoms with E-state index in [0.29, 0.717) is 12.2 Å². The number of hydrogen-bond acceptors (Lipinski definition) is 5. The maximum absolute atomic E-state index is 12.3. The zero-order valence-corrected chi connectivity index (χ0v) is 13.7. The lowest BCUT2D eigenvalue weighted by molar-refractivity contribution is 0.0114. The molecule has 22 heavy (non-hydrogen) atoms. The second-order valence-electron chi connectivity index (χ2n) is 6.95. The van der Waals surface area contributed by atoms with E-state index in [9.17, 15) is 9.59 Å². The minimum absolute atomic E-state index is 0.0869. The highest BCUT2D eigenvalue weighted by atomic mass is 16.6. The molecule has 1 aromatic heterocycles. The number of aromatic nitrogens is 2. The van der Waals surface area contributed by atoms with E-state index in [2.05, 4.69) is 14.7 Å². The van der Waals surface area contributed by atoms with Crippen molar-refractivity contribution in [1.29, 1.82) is 0 Å². The highest BCUT2D eigenvalue weighted by molar-refractivity contribution is 5.68. The molecule has 1 amide bonds. The number of carbonyl (C=O) groups is 1. The minimum Gasteiger partial charge on any atom is -0.444 e. The highest BCUT2D eigenvalue weighted by Crippen LogP contribution is 2.30. The molecule has 0 spiro atoms. The number of hydrogen-bond donors (Lipinski definition) is 1. The fourth-order valence-electron chi connectivity index (χ4n) is 3.00. The lowest BCUT2D eigenvalue weighted by atomic mass is 9.81. The summed E-state index contributed by atoms with van der Waals surface area (Å²) in [5, 5.41) is 3.73. The minimum atomic E-state index is -0.539. The summed E-state index contributed by atoms with van der Waals surface area (Å²) in [6.07, 6.45) is 4.42. The molecule has 2 rings (SSSR count). The summed E-state index contributed by atoms with van der Waals surface area (Å²) < 4.78 is 10.00. The van der Waals surface area contributed by atoms with Crippen LogP contribution in [0.3, 0.4) is 0 Å². The third-order valence-corrected chi connectivity index (χ3v) is 3.99. The van der Waals surface area contributed by atoms with Crippen molar-refractivity contribution >= 4 is 6.09 Å². The van der Waals surface area contributed by atoms with Crippen molar-refractivity contribution < 1.29 is 14.1 Å². The van der Waals surface area contributed by atoms with Crippen LogP contribution < -0.4 is 5.76 Å². The van der Waals surface area contributed by atoms with Crippen molar-refractivity contribution in [1.82, 2.24) is 15.0 Å². The maximum atomic E-state index is 12.3. The molecular formula is C15H25N3O4. The maximum Gasteiger partial charge on any atom is 0.438 e. The van der Waals surface area contributed by atoms with Crippen molar-refractivity contribution in [2.75, 3.05) is 7.05 Å². The Morgan fingerprint density at radius 2 is 2.09 bits per heavy atom. The summed E-state index contributed by atoms with van der Waals surface area (Å²) in [6, 6.07) is 0.0869. The second kappa shape index (κ2) is 6.54. The highest BCUT2D eigenvalue weighted by Gasteiger charge is 2.33. The lowest BCUT2D eigenvalue weighted by Gasteiger charge is -2.38. The van der Waals surface area contributed by atoms with Crippen LogP contribution in [0.5, 0.6) is 0 Å². The normalized spacial score (nSPS) is 22.4. The number of amides is 1. The third-order valence-electron chi connectivity index (χ3n) is 3.99. The average Bonchev–Trinajstić information content (AvgIpc) is 2.82. The molecule has 2 atom stereocenters. The van der Waals surface area contributed by atoms with Crippen molar-refractivity contribution in [3.8, 4) is 0 Å². The summed E-state index contributed by atoms with van der Waals surface area (Å²) in [6.45, 7) is 5.58. The van der Waals surface area contributed by atoms with Crippen LogP contribution in [0.2, 0.25) is 0 Å². The van der Waals surface area contributed by atoms with Gasteiger partial charge in [0.25, 0.3) is 0 Å². The van der Waals surface area contributed by atoms with Crippen LogP contribution in [-0.2, 0) is 11.2 Å². The first-order chi connectivity index (χ1) is 10.3. The molecule has 0 aromatic carbocycles. The van der Waals surface area contributed by atoms with Crippen molar-refractivity contribution in [2.45, 2.75) is 64.5 Å². The molecule has 0 aliphatic heterocycles. The van der Waals surface area contributed by atoms with E-state index < -0.39 is 11.4 Å². The van der Waals surface area contributed by atoms with Gasteiger partial charge in [0, 0.05) is 19.5 Å². The molecule has 124 valence electrons. The van der Waals surface area contributed by atoms with E-state index in [0.717, 1.165) is 25.7 Å². The predicted octanol–water partition coefficient (Wildman–Crippen LogP) is 2.33. The Kier molecular flexibility index (Phi) is 4.93. The largest absolute Gasteiger partial charge is 0.444 e. The Labute approximate surface area is 130 Å². The summed E-state index contributed by atoms with van der Waals surface area (Å²) in [4.78, 5) is 27.6. The number of nitrogens with one attached hydrogen (secondary N) is 1. The van der Waals surface area contributed by atoms with Gasteiger partial charge >= 0.3 is 11.8 Å². The van der Waals surface area contributed by atoms with Gasteiger partial charge in [0.1, 0.15) is 5.60 Å². The zero-order chi connectivity index (χ0) is 16.3. The van der Waals surface area contributed by atoms with Gasteiger partial charge in [-0.2, -0.15) is 0 Å². The quantitative estimate of drug-likeness (QED) is 0.925. The summed E-state index contributed by atoms with van der Waals surface area (Å²) in [5.74, 6) is 0.245. The molecule has 1 heterocycles. The number of rotatable bonds is 3. The molecule has 1 aliphatic carbocycles. The Balaban J connectivity index is 2.05. The summed E-state index contributed by atoms with van der Waals surface area (Å²) in [5.41, 5.74) is -0.507. The number of ether oxygens (including phenoxy) is 1. The van der Waals surface area contributed by atoms with Gasteiger partial charge in [-0.3, -0.25) is 9.51 Å². The first kappa shape index (κ1) is 16.6. The Hall–Kier alpha value is -1.79. The Bertz CT molecular complexity index is 558. The van der Waals surface area contributed by atoms with Crippen molar-refractivity contribution in [3.05, 3.63) is 16.4 Å². The van der Waals surface area contributed by atoms with Gasteiger partial charge in [0.05, 0.1) is 0 Å². The van der Waals surface area contributed by atoms with Gasteiger partial charge in [-0.15, -0.1) is 0 Å². The SMILES string of the molecule is CN(C(=O)OC(C)(C)C)[C@@H]1CCCC[C@@H]1Cc1noc(=O)[nH]1. The average molecular weight is 311 g/mol. The Morgan fingerprint density at radius 3 is 2.68 bits per heavy atom. The standard InChI is InChI=1S/C15H25N3O4/c1-15(2,3)21-14(20)18(4)11-8-6-5-7-10(11)9-12-16-13(19)22-17-12/h10-11H,5-9H2,1-4H3,(H,16,17,19)/t10-,11-/m1/s1. The molecule has 0 saturated heterocycles. The van der Waals surface area contributed by atoms with Crippen LogP contribution in [-0.4, -0.2) is 39.8 Å². The van der Waals surface area contributed by atoms with Crippen molar-refractivity contribution in [3.63, 3.8) is 0 Å². The molecule has 1 fully saturated rings. The summed E-state index contributed by atoms with van der Waals surface area (Å²) in [7, 11) is 1.78. The fraction of sp³-hybridized carbons (Fsp3) is 0.800. The van der Waals surface area contributed by atoms with E-state index in [4.69, 9.17) is 4.74 Å². The van der Waals surface area contributed by atoms with Crippen LogP contribution >= 0.6 is 0 Å². The molecule has 0 radical (unpaired) electrons. The number of aromatic amines is 1. The molecule has 0 unspecified atom stereocenters. The van der Waals surface area contributed by atoms with E-state index in [1.54, 1.807) is 11.9 Å². The van der Waals surface area contributed by atoms with E-state index >= 15 is 0 Å². The van der Waals surface area contributed by atoms with Gasteiger partial charge < -0.3 is 9.64 Å². The lowest BCUT2D eigenvalue weighted by Crippen LogP contribution is -2.46. The number of H-pyrrole nitrogens is 1. The molecule has 7 nitrogen and oxygen atoms in total. The van der Waals surface area contributed by atoms with E-state index in [-0.39, 0.29) is 18.1 Å². The molecule has 1 aromatic rings. The first-order valence-corrected chi connectivity index (χ1v) is 7.77. The molecule has 1 saturated carbocycles. The van der Waals surface area contributed by atoms with Gasteiger partial charge in [0.15, 0.2) is 5.82 Å². The van der Waals surface area contributed by atoms with Gasteiger partial charge in [-0.1, -0.05) is 18.0 Å². The number of carbonyl (C=O) groups excluding carboxylic acids is 1. The number of nitrogens with zero attached hydrogens (tertiary/aromatic N) is 2. The van der Waals surface area contributed by atoms with Crippen LogP contribution in [0.1, 0.15) is 52.3 Å². The third kappa shape index (κ3) is 4.35. The van der Waals surface area contributed by atoms with Gasteiger partial charge in [0.2, 0.25) is 0 Å². The molecule has 1 aliphatic rings. The molecule has 7 heteroatoms. The smallest absolute Gasteiger partial charge is 0.438 e. The van der Waals surface area contributed by atoms with E-state index in [1.165, 1.54) is 0 Å². The molecule has 0 bridgehead atoms. The van der Waals surface area contributed by atoms with Gasteiger partial charge in [-0.05, 0) is 39.5 Å². The van der Waals surface area contributed by atoms with E-state index in [1.807, 2.05) is 20.8 Å². The molecular weight excluding hydrogens is 286 g/mol. The van der Waals surface area contributed by atoms with Crippen LogP contribution in [0.25, 0.3) is 0 Å². The van der Waals surface area contributed by atoms with Crippen LogP contribution in [0, 0.1) is 5.92 Å². The first-order valence-electron chi connectivity index (χ1n) is 7.77. The Morgan fingerprint density at radius 1 is 1.41 bits per heavy atom.